The molecule has 6 aromatic carbocycles. The molecular weight excluding hydrogens is 543 g/mol. The van der Waals surface area contributed by atoms with Crippen LogP contribution < -0.4 is 0 Å². The van der Waals surface area contributed by atoms with E-state index >= 15 is 0 Å². The smallest absolute Gasteiger partial charge is 0.125 e. The van der Waals surface area contributed by atoms with Gasteiger partial charge in [-0.2, -0.15) is 0 Å². The van der Waals surface area contributed by atoms with Crippen LogP contribution in [0.3, 0.4) is 0 Å². The van der Waals surface area contributed by atoms with Crippen molar-refractivity contribution in [3.8, 4) is 44.0 Å². The Labute approximate surface area is 252 Å². The lowest BCUT2D eigenvalue weighted by atomic mass is 9.87. The van der Waals surface area contributed by atoms with E-state index in [1.165, 1.54) is 53.7 Å². The van der Waals surface area contributed by atoms with Gasteiger partial charge in [0, 0.05) is 30.4 Å². The van der Waals surface area contributed by atoms with Crippen LogP contribution in [0.15, 0.2) is 140 Å². The standard InChI is InChI=1S/C39H23N3S/c1-2-4-36-35(3-1)42-39(43-36)34-12-8-27-6-10-32-31(9-5-26-7-11-33(34)38(27)37(26)32)30-22-28(24-13-17-40-18-14-24)21-29(23-30)25-15-19-41-20-16-25/h1-23H. The molecule has 0 saturated carbocycles. The Morgan fingerprint density at radius 3 is 1.60 bits per heavy atom. The third-order valence-corrected chi connectivity index (χ3v) is 9.53. The van der Waals surface area contributed by atoms with E-state index in [1.54, 1.807) is 11.3 Å². The van der Waals surface area contributed by atoms with Gasteiger partial charge in [0.2, 0.25) is 0 Å². The van der Waals surface area contributed by atoms with Gasteiger partial charge in [-0.05, 0) is 120 Å². The summed E-state index contributed by atoms with van der Waals surface area (Å²) >= 11 is 1.76. The summed E-state index contributed by atoms with van der Waals surface area (Å²) in [5.41, 5.74) is 9.26. The minimum atomic E-state index is 1.05. The molecule has 3 aromatic heterocycles. The van der Waals surface area contributed by atoms with Crippen molar-refractivity contribution in [1.82, 2.24) is 15.0 Å². The first-order chi connectivity index (χ1) is 21.3. The minimum Gasteiger partial charge on any atom is -0.265 e. The molecule has 0 spiro atoms. The van der Waals surface area contributed by atoms with Crippen molar-refractivity contribution in [2.75, 3.05) is 0 Å². The fourth-order valence-corrected chi connectivity index (χ4v) is 7.44. The number of hydrogen-bond acceptors (Lipinski definition) is 4. The van der Waals surface area contributed by atoms with Crippen LogP contribution in [0.2, 0.25) is 0 Å². The van der Waals surface area contributed by atoms with Crippen molar-refractivity contribution in [2.45, 2.75) is 0 Å². The average molecular weight is 566 g/mol. The van der Waals surface area contributed by atoms with E-state index in [0.717, 1.165) is 32.8 Å². The van der Waals surface area contributed by atoms with Gasteiger partial charge < -0.3 is 0 Å². The maximum Gasteiger partial charge on any atom is 0.125 e. The third-order valence-electron chi connectivity index (χ3n) is 8.46. The molecule has 0 aliphatic carbocycles. The highest BCUT2D eigenvalue weighted by Gasteiger charge is 2.17. The monoisotopic (exact) mass is 565 g/mol. The molecule has 0 bridgehead atoms. The van der Waals surface area contributed by atoms with Crippen LogP contribution in [0.5, 0.6) is 0 Å². The molecule has 0 N–H and O–H groups in total. The second kappa shape index (κ2) is 9.55. The van der Waals surface area contributed by atoms with E-state index < -0.39 is 0 Å². The fraction of sp³-hybridized carbons (Fsp3) is 0. The predicted octanol–water partition coefficient (Wildman–Crippen LogP) is 10.7. The molecule has 0 unspecified atom stereocenters. The van der Waals surface area contributed by atoms with E-state index in [2.05, 4.69) is 125 Å². The van der Waals surface area contributed by atoms with E-state index in [0.29, 0.717) is 0 Å². The molecule has 0 aliphatic heterocycles. The first kappa shape index (κ1) is 24.2. The van der Waals surface area contributed by atoms with Gasteiger partial charge >= 0.3 is 0 Å². The lowest BCUT2D eigenvalue weighted by Crippen LogP contribution is -1.91. The Balaban J connectivity index is 1.31. The Hall–Kier alpha value is -5.45. The number of benzene rings is 6. The first-order valence-electron chi connectivity index (χ1n) is 14.3. The van der Waals surface area contributed by atoms with Gasteiger partial charge in [-0.1, -0.05) is 60.7 Å². The molecule has 9 aromatic rings. The van der Waals surface area contributed by atoms with Crippen molar-refractivity contribution in [3.63, 3.8) is 0 Å². The lowest BCUT2D eigenvalue weighted by molar-refractivity contribution is 1.33. The van der Waals surface area contributed by atoms with Gasteiger partial charge in [0.15, 0.2) is 0 Å². The average Bonchev–Trinajstić information content (AvgIpc) is 3.52. The SMILES string of the molecule is c1ccc2sc(-c3ccc4ccc5c(-c6cc(-c7ccncc7)cc(-c7ccncc7)c6)ccc6ccc3c4c65)nc2c1. The normalized spacial score (nSPS) is 11.7. The van der Waals surface area contributed by atoms with Crippen LogP contribution in [0, 0.1) is 0 Å². The molecule has 3 heterocycles. The van der Waals surface area contributed by atoms with Crippen LogP contribution in [0.25, 0.3) is 86.5 Å². The minimum absolute atomic E-state index is 1.05. The molecule has 0 saturated heterocycles. The van der Waals surface area contributed by atoms with Crippen molar-refractivity contribution >= 4 is 53.9 Å². The molecule has 3 nitrogen and oxygen atoms in total. The number of rotatable bonds is 4. The zero-order chi connectivity index (χ0) is 28.3. The van der Waals surface area contributed by atoms with Crippen LogP contribution in [-0.4, -0.2) is 15.0 Å². The van der Waals surface area contributed by atoms with Crippen LogP contribution in [0.1, 0.15) is 0 Å². The summed E-state index contributed by atoms with van der Waals surface area (Å²) in [6.07, 6.45) is 7.42. The van der Waals surface area contributed by atoms with Gasteiger partial charge in [-0.3, -0.25) is 9.97 Å². The van der Waals surface area contributed by atoms with Crippen molar-refractivity contribution in [3.05, 3.63) is 140 Å². The van der Waals surface area contributed by atoms with Crippen molar-refractivity contribution in [2.24, 2.45) is 0 Å². The van der Waals surface area contributed by atoms with Crippen LogP contribution >= 0.6 is 11.3 Å². The van der Waals surface area contributed by atoms with E-state index in [9.17, 15) is 0 Å². The molecule has 0 aliphatic rings. The highest BCUT2D eigenvalue weighted by Crippen LogP contribution is 2.44. The Morgan fingerprint density at radius 2 is 0.977 bits per heavy atom. The number of aromatic nitrogens is 3. The Kier molecular flexibility index (Phi) is 5.37. The number of fused-ring (bicyclic) bond motifs is 1. The van der Waals surface area contributed by atoms with Crippen molar-refractivity contribution < 1.29 is 0 Å². The molecule has 200 valence electrons. The topological polar surface area (TPSA) is 38.7 Å². The predicted molar refractivity (Wildman–Crippen MR) is 181 cm³/mol. The summed E-state index contributed by atoms with van der Waals surface area (Å²) in [6.45, 7) is 0. The zero-order valence-corrected chi connectivity index (χ0v) is 23.8. The summed E-state index contributed by atoms with van der Waals surface area (Å²) < 4.78 is 1.21. The summed E-state index contributed by atoms with van der Waals surface area (Å²) in [5, 5.41) is 8.66. The second-order valence-electron chi connectivity index (χ2n) is 10.9. The van der Waals surface area contributed by atoms with Gasteiger partial charge in [-0.25, -0.2) is 4.98 Å². The molecule has 0 radical (unpaired) electrons. The zero-order valence-electron chi connectivity index (χ0n) is 23.0. The molecular formula is C39H23N3S. The molecule has 43 heavy (non-hydrogen) atoms. The van der Waals surface area contributed by atoms with Gasteiger partial charge in [0.25, 0.3) is 0 Å². The highest BCUT2D eigenvalue weighted by atomic mass is 32.1. The second-order valence-corrected chi connectivity index (χ2v) is 11.9. The maximum absolute atomic E-state index is 5.02. The maximum atomic E-state index is 5.02. The molecule has 0 fully saturated rings. The summed E-state index contributed by atoms with van der Waals surface area (Å²) in [7, 11) is 0. The number of nitrogens with zero attached hydrogens (tertiary/aromatic N) is 3. The first-order valence-corrected chi connectivity index (χ1v) is 15.1. The van der Waals surface area contributed by atoms with E-state index in [1.807, 2.05) is 24.8 Å². The van der Waals surface area contributed by atoms with E-state index in [4.69, 9.17) is 4.98 Å². The summed E-state index contributed by atoms with van der Waals surface area (Å²) in [6, 6.07) is 41.7. The molecule has 0 atom stereocenters. The quantitative estimate of drug-likeness (QED) is 0.199. The lowest BCUT2D eigenvalue weighted by Gasteiger charge is -2.17. The Bertz CT molecular complexity index is 2360. The van der Waals surface area contributed by atoms with Crippen LogP contribution in [-0.2, 0) is 0 Å². The van der Waals surface area contributed by atoms with Crippen molar-refractivity contribution in [1.29, 1.82) is 0 Å². The number of pyridine rings is 2. The number of thiazole rings is 1. The number of hydrogen-bond donors (Lipinski definition) is 0. The van der Waals surface area contributed by atoms with Gasteiger partial charge in [-0.15, -0.1) is 11.3 Å². The van der Waals surface area contributed by atoms with Gasteiger partial charge in [0.05, 0.1) is 10.2 Å². The fourth-order valence-electron chi connectivity index (χ4n) is 6.43. The highest BCUT2D eigenvalue weighted by molar-refractivity contribution is 7.21. The Morgan fingerprint density at radius 1 is 0.442 bits per heavy atom. The largest absolute Gasteiger partial charge is 0.265 e. The third kappa shape index (κ3) is 3.92. The molecule has 9 rings (SSSR count). The molecule has 4 heteroatoms. The van der Waals surface area contributed by atoms with E-state index in [-0.39, 0.29) is 0 Å². The summed E-state index contributed by atoms with van der Waals surface area (Å²) in [4.78, 5) is 13.5. The molecule has 0 amide bonds. The number of para-hydroxylation sites is 1. The van der Waals surface area contributed by atoms with Gasteiger partial charge in [0.1, 0.15) is 5.01 Å². The summed E-state index contributed by atoms with van der Waals surface area (Å²) in [5.74, 6) is 0. The van der Waals surface area contributed by atoms with Crippen LogP contribution in [0.4, 0.5) is 0 Å².